The van der Waals surface area contributed by atoms with Crippen molar-refractivity contribution >= 4 is 5.91 Å². The van der Waals surface area contributed by atoms with Crippen LogP contribution in [0, 0.1) is 0 Å². The number of rotatable bonds is 1. The van der Waals surface area contributed by atoms with Crippen LogP contribution in [-0.4, -0.2) is 50.5 Å². The first kappa shape index (κ1) is 8.18. The number of amides is 1. The van der Waals surface area contributed by atoms with Gasteiger partial charge in [-0.2, -0.15) is 15.4 Å². The Morgan fingerprint density at radius 1 is 1.77 bits per heavy atom. The molecule has 1 aliphatic rings. The Bertz CT molecular complexity index is 297. The van der Waals surface area contributed by atoms with E-state index in [0.29, 0.717) is 25.2 Å². The Morgan fingerprint density at radius 3 is 3.15 bits per heavy atom. The number of carbonyl (C=O) groups is 1. The van der Waals surface area contributed by atoms with E-state index in [0.717, 1.165) is 0 Å². The molecule has 0 aliphatic carbocycles. The van der Waals surface area contributed by atoms with E-state index in [9.17, 15) is 9.90 Å². The molecule has 0 spiro atoms. The molecule has 2 rings (SSSR count). The highest BCUT2D eigenvalue weighted by Crippen LogP contribution is 2.11. The summed E-state index contributed by atoms with van der Waals surface area (Å²) in [6.07, 6.45) is 1.63. The van der Waals surface area contributed by atoms with Crippen LogP contribution in [0.5, 0.6) is 0 Å². The molecule has 1 aromatic heterocycles. The number of nitrogens with one attached hydrogen (secondary N) is 1. The maximum atomic E-state index is 11.5. The molecule has 13 heavy (non-hydrogen) atoms. The molecule has 1 fully saturated rings. The molecule has 0 aromatic carbocycles. The minimum Gasteiger partial charge on any atom is -0.391 e. The van der Waals surface area contributed by atoms with Gasteiger partial charge in [-0.3, -0.25) is 4.79 Å². The fourth-order valence-corrected chi connectivity index (χ4v) is 1.39. The summed E-state index contributed by atoms with van der Waals surface area (Å²) in [6, 6.07) is 0. The van der Waals surface area contributed by atoms with Crippen molar-refractivity contribution in [2.45, 2.75) is 12.5 Å². The Balaban J connectivity index is 2.06. The van der Waals surface area contributed by atoms with Crippen molar-refractivity contribution < 1.29 is 9.90 Å². The summed E-state index contributed by atoms with van der Waals surface area (Å²) in [7, 11) is 0. The molecular weight excluding hydrogens is 172 g/mol. The molecular formula is C7H10N4O2. The normalized spacial score (nSPS) is 22.2. The van der Waals surface area contributed by atoms with Crippen LogP contribution in [0.3, 0.4) is 0 Å². The van der Waals surface area contributed by atoms with Crippen LogP contribution in [0.4, 0.5) is 0 Å². The molecule has 1 saturated heterocycles. The first-order chi connectivity index (χ1) is 6.27. The van der Waals surface area contributed by atoms with Gasteiger partial charge in [0.25, 0.3) is 5.91 Å². The molecule has 6 nitrogen and oxygen atoms in total. The fourth-order valence-electron chi connectivity index (χ4n) is 1.39. The fraction of sp³-hybridized carbons (Fsp3) is 0.571. The maximum Gasteiger partial charge on any atom is 0.276 e. The van der Waals surface area contributed by atoms with Gasteiger partial charge in [-0.05, 0) is 6.42 Å². The average molecular weight is 182 g/mol. The predicted molar refractivity (Wildman–Crippen MR) is 42.9 cm³/mol. The van der Waals surface area contributed by atoms with E-state index in [1.165, 1.54) is 6.20 Å². The zero-order valence-electron chi connectivity index (χ0n) is 6.97. The van der Waals surface area contributed by atoms with Crippen LogP contribution in [-0.2, 0) is 0 Å². The summed E-state index contributed by atoms with van der Waals surface area (Å²) >= 11 is 0. The van der Waals surface area contributed by atoms with Crippen molar-refractivity contribution in [3.05, 3.63) is 11.9 Å². The van der Waals surface area contributed by atoms with Crippen molar-refractivity contribution in [1.82, 2.24) is 20.3 Å². The summed E-state index contributed by atoms with van der Waals surface area (Å²) < 4.78 is 0. The second-order valence-electron chi connectivity index (χ2n) is 3.05. The van der Waals surface area contributed by atoms with Crippen LogP contribution in [0.2, 0.25) is 0 Å². The highest BCUT2D eigenvalue weighted by atomic mass is 16.3. The third-order valence-electron chi connectivity index (χ3n) is 2.08. The Morgan fingerprint density at radius 2 is 2.62 bits per heavy atom. The standard InChI is InChI=1S/C7H10N4O2/c12-5-1-2-11(4-5)7(13)6-3-8-10-9-6/h3,5,12H,1-2,4H2,(H,8,9,10)/t5-/m0/s1. The van der Waals surface area contributed by atoms with Crippen molar-refractivity contribution in [2.24, 2.45) is 0 Å². The highest BCUT2D eigenvalue weighted by molar-refractivity contribution is 5.92. The zero-order valence-corrected chi connectivity index (χ0v) is 6.97. The van der Waals surface area contributed by atoms with E-state index in [-0.39, 0.29) is 5.91 Å². The van der Waals surface area contributed by atoms with Gasteiger partial charge >= 0.3 is 0 Å². The Hall–Kier alpha value is -1.43. The summed E-state index contributed by atoms with van der Waals surface area (Å²) in [6.45, 7) is 0.985. The lowest BCUT2D eigenvalue weighted by atomic mass is 10.3. The molecule has 0 saturated carbocycles. The monoisotopic (exact) mass is 182 g/mol. The molecule has 1 aromatic rings. The van der Waals surface area contributed by atoms with Crippen molar-refractivity contribution in [3.8, 4) is 0 Å². The van der Waals surface area contributed by atoms with E-state index < -0.39 is 6.10 Å². The summed E-state index contributed by atoms with van der Waals surface area (Å²) in [5.41, 5.74) is 0.300. The molecule has 2 heterocycles. The Labute approximate surface area is 74.6 Å². The number of aliphatic hydroxyl groups excluding tert-OH is 1. The van der Waals surface area contributed by atoms with E-state index in [2.05, 4.69) is 15.4 Å². The van der Waals surface area contributed by atoms with E-state index >= 15 is 0 Å². The molecule has 1 atom stereocenters. The van der Waals surface area contributed by atoms with Gasteiger partial charge in [0.1, 0.15) is 0 Å². The van der Waals surface area contributed by atoms with Crippen LogP contribution in [0.25, 0.3) is 0 Å². The number of aromatic amines is 1. The molecule has 1 aliphatic heterocycles. The van der Waals surface area contributed by atoms with Crippen molar-refractivity contribution in [1.29, 1.82) is 0 Å². The largest absolute Gasteiger partial charge is 0.391 e. The van der Waals surface area contributed by atoms with Gasteiger partial charge in [-0.15, -0.1) is 0 Å². The predicted octanol–water partition coefficient (Wildman–Crippen LogP) is -0.989. The molecule has 2 N–H and O–H groups in total. The molecule has 0 unspecified atom stereocenters. The van der Waals surface area contributed by atoms with Crippen molar-refractivity contribution in [3.63, 3.8) is 0 Å². The number of aliphatic hydroxyl groups is 1. The molecule has 0 radical (unpaired) electrons. The topological polar surface area (TPSA) is 82.1 Å². The minimum absolute atomic E-state index is 0.176. The lowest BCUT2D eigenvalue weighted by Crippen LogP contribution is -2.29. The van der Waals surface area contributed by atoms with Gasteiger partial charge < -0.3 is 10.0 Å². The van der Waals surface area contributed by atoms with Gasteiger partial charge in [0.2, 0.25) is 0 Å². The lowest BCUT2D eigenvalue weighted by Gasteiger charge is -2.12. The van der Waals surface area contributed by atoms with Gasteiger partial charge in [0, 0.05) is 13.1 Å². The second-order valence-corrected chi connectivity index (χ2v) is 3.05. The first-order valence-corrected chi connectivity index (χ1v) is 4.10. The van der Waals surface area contributed by atoms with Gasteiger partial charge in [0.05, 0.1) is 12.3 Å². The highest BCUT2D eigenvalue weighted by Gasteiger charge is 2.26. The first-order valence-electron chi connectivity index (χ1n) is 4.10. The van der Waals surface area contributed by atoms with Crippen LogP contribution < -0.4 is 0 Å². The number of carbonyl (C=O) groups excluding carboxylic acids is 1. The smallest absolute Gasteiger partial charge is 0.276 e. The van der Waals surface area contributed by atoms with E-state index in [1.807, 2.05) is 0 Å². The van der Waals surface area contributed by atoms with Gasteiger partial charge in [0.15, 0.2) is 5.69 Å². The molecule has 0 bridgehead atoms. The van der Waals surface area contributed by atoms with Gasteiger partial charge in [-0.25, -0.2) is 0 Å². The third-order valence-corrected chi connectivity index (χ3v) is 2.08. The number of likely N-dealkylation sites (tertiary alicyclic amines) is 1. The minimum atomic E-state index is -0.393. The lowest BCUT2D eigenvalue weighted by molar-refractivity contribution is 0.0759. The Kier molecular flexibility index (Phi) is 1.97. The summed E-state index contributed by atoms with van der Waals surface area (Å²) in [5.74, 6) is -0.176. The number of H-pyrrole nitrogens is 1. The van der Waals surface area contributed by atoms with Crippen LogP contribution in [0.1, 0.15) is 16.9 Å². The number of β-amino-alcohol motifs (C(OH)–C–C–N with tert-alkyl or cyclic N) is 1. The SMILES string of the molecule is O=C(c1cn[nH]n1)N1CC[C@H](O)C1. The quantitative estimate of drug-likeness (QED) is 0.584. The average Bonchev–Trinajstić information content (AvgIpc) is 2.72. The van der Waals surface area contributed by atoms with Crippen LogP contribution in [0.15, 0.2) is 6.20 Å². The van der Waals surface area contributed by atoms with Crippen molar-refractivity contribution in [2.75, 3.05) is 13.1 Å². The number of hydrogen-bond acceptors (Lipinski definition) is 4. The zero-order chi connectivity index (χ0) is 9.26. The third kappa shape index (κ3) is 1.52. The number of aromatic nitrogens is 3. The number of hydrogen-bond donors (Lipinski definition) is 2. The molecule has 6 heteroatoms. The second kappa shape index (κ2) is 3.14. The molecule has 1 amide bonds. The van der Waals surface area contributed by atoms with E-state index in [4.69, 9.17) is 0 Å². The van der Waals surface area contributed by atoms with E-state index in [1.54, 1.807) is 4.90 Å². The van der Waals surface area contributed by atoms with Crippen LogP contribution >= 0.6 is 0 Å². The van der Waals surface area contributed by atoms with Gasteiger partial charge in [-0.1, -0.05) is 0 Å². The number of nitrogens with zero attached hydrogens (tertiary/aromatic N) is 3. The molecule has 70 valence electrons. The summed E-state index contributed by atoms with van der Waals surface area (Å²) in [4.78, 5) is 13.1. The maximum absolute atomic E-state index is 11.5. The summed E-state index contributed by atoms with van der Waals surface area (Å²) in [5, 5.41) is 18.8.